The minimum absolute atomic E-state index is 0.314. The molecule has 4 nitrogen and oxygen atoms in total. The van der Waals surface area contributed by atoms with Crippen LogP contribution in [0.4, 0.5) is 5.69 Å². The highest BCUT2D eigenvalue weighted by molar-refractivity contribution is 5.55. The SMILES string of the molecule is Cc1ccc(N)c(Oc2ccnc(C#N)c2)c1. The van der Waals surface area contributed by atoms with Gasteiger partial charge in [-0.15, -0.1) is 0 Å². The van der Waals surface area contributed by atoms with Crippen LogP contribution in [-0.2, 0) is 0 Å². The minimum atomic E-state index is 0.314. The van der Waals surface area contributed by atoms with Crippen molar-refractivity contribution in [2.75, 3.05) is 5.73 Å². The van der Waals surface area contributed by atoms with Crippen molar-refractivity contribution in [1.82, 2.24) is 4.98 Å². The van der Waals surface area contributed by atoms with E-state index in [0.717, 1.165) is 5.56 Å². The number of pyridine rings is 1. The average Bonchev–Trinajstić information content (AvgIpc) is 2.34. The lowest BCUT2D eigenvalue weighted by Crippen LogP contribution is -1.93. The summed E-state index contributed by atoms with van der Waals surface area (Å²) in [5.74, 6) is 1.13. The molecule has 0 aliphatic heterocycles. The van der Waals surface area contributed by atoms with Gasteiger partial charge in [0.25, 0.3) is 0 Å². The lowest BCUT2D eigenvalue weighted by Gasteiger charge is -2.08. The summed E-state index contributed by atoms with van der Waals surface area (Å²) in [6.07, 6.45) is 1.53. The first-order valence-corrected chi connectivity index (χ1v) is 5.09. The fourth-order valence-electron chi connectivity index (χ4n) is 1.39. The molecule has 0 fully saturated rings. The molecular weight excluding hydrogens is 214 g/mol. The van der Waals surface area contributed by atoms with E-state index < -0.39 is 0 Å². The molecule has 1 heterocycles. The second-order valence-electron chi connectivity index (χ2n) is 3.63. The summed E-state index contributed by atoms with van der Waals surface area (Å²) in [6, 6.07) is 10.8. The maximum absolute atomic E-state index is 8.73. The van der Waals surface area contributed by atoms with Gasteiger partial charge in [-0.1, -0.05) is 6.07 Å². The predicted molar refractivity (Wildman–Crippen MR) is 64.6 cm³/mol. The molecule has 1 aromatic heterocycles. The zero-order valence-corrected chi connectivity index (χ0v) is 9.34. The summed E-state index contributed by atoms with van der Waals surface area (Å²) in [5, 5.41) is 8.73. The molecule has 0 saturated carbocycles. The summed E-state index contributed by atoms with van der Waals surface area (Å²) < 4.78 is 5.62. The molecule has 0 bridgehead atoms. The zero-order chi connectivity index (χ0) is 12.3. The Kier molecular flexibility index (Phi) is 2.93. The number of benzene rings is 1. The number of hydrogen-bond acceptors (Lipinski definition) is 4. The molecule has 0 radical (unpaired) electrons. The molecule has 4 heteroatoms. The molecule has 0 spiro atoms. The number of aryl methyl sites for hydroxylation is 1. The van der Waals surface area contributed by atoms with E-state index in [-0.39, 0.29) is 0 Å². The van der Waals surface area contributed by atoms with E-state index in [1.807, 2.05) is 25.1 Å². The topological polar surface area (TPSA) is 71.9 Å². The van der Waals surface area contributed by atoms with Crippen LogP contribution < -0.4 is 10.5 Å². The highest BCUT2D eigenvalue weighted by atomic mass is 16.5. The Morgan fingerprint density at radius 1 is 1.29 bits per heavy atom. The van der Waals surface area contributed by atoms with Gasteiger partial charge in [-0.2, -0.15) is 5.26 Å². The molecule has 0 atom stereocenters. The first kappa shape index (κ1) is 11.0. The number of aromatic nitrogens is 1. The fourth-order valence-corrected chi connectivity index (χ4v) is 1.39. The molecule has 2 N–H and O–H groups in total. The Morgan fingerprint density at radius 3 is 2.88 bits per heavy atom. The van der Waals surface area contributed by atoms with Crippen LogP contribution in [0.1, 0.15) is 11.3 Å². The van der Waals surface area contributed by atoms with Gasteiger partial charge >= 0.3 is 0 Å². The van der Waals surface area contributed by atoms with E-state index in [1.54, 1.807) is 18.2 Å². The Labute approximate surface area is 99.3 Å². The van der Waals surface area contributed by atoms with Crippen LogP contribution in [0.5, 0.6) is 11.5 Å². The highest BCUT2D eigenvalue weighted by Crippen LogP contribution is 2.28. The molecule has 0 amide bonds. The van der Waals surface area contributed by atoms with E-state index >= 15 is 0 Å². The van der Waals surface area contributed by atoms with Crippen molar-refractivity contribution in [3.63, 3.8) is 0 Å². The van der Waals surface area contributed by atoms with Crippen LogP contribution in [0.3, 0.4) is 0 Å². The average molecular weight is 225 g/mol. The smallest absolute Gasteiger partial charge is 0.150 e. The van der Waals surface area contributed by atoms with E-state index in [9.17, 15) is 0 Å². The lowest BCUT2D eigenvalue weighted by molar-refractivity contribution is 0.483. The van der Waals surface area contributed by atoms with E-state index in [2.05, 4.69) is 4.98 Å². The van der Waals surface area contributed by atoms with Gasteiger partial charge in [0.2, 0.25) is 0 Å². The van der Waals surface area contributed by atoms with E-state index in [0.29, 0.717) is 22.9 Å². The lowest BCUT2D eigenvalue weighted by atomic mass is 10.2. The molecular formula is C13H11N3O. The highest BCUT2D eigenvalue weighted by Gasteiger charge is 2.03. The maximum atomic E-state index is 8.73. The van der Waals surface area contributed by atoms with Gasteiger partial charge in [0, 0.05) is 12.3 Å². The van der Waals surface area contributed by atoms with Crippen molar-refractivity contribution in [2.24, 2.45) is 0 Å². The number of nitrogens with two attached hydrogens (primary N) is 1. The molecule has 84 valence electrons. The van der Waals surface area contributed by atoms with Crippen molar-refractivity contribution < 1.29 is 4.74 Å². The van der Waals surface area contributed by atoms with Crippen molar-refractivity contribution in [2.45, 2.75) is 6.92 Å². The van der Waals surface area contributed by atoms with Gasteiger partial charge in [-0.25, -0.2) is 4.98 Å². The largest absolute Gasteiger partial charge is 0.455 e. The van der Waals surface area contributed by atoms with Crippen molar-refractivity contribution in [3.8, 4) is 17.6 Å². The van der Waals surface area contributed by atoms with Crippen LogP contribution in [0.2, 0.25) is 0 Å². The first-order chi connectivity index (χ1) is 8.19. The van der Waals surface area contributed by atoms with Crippen molar-refractivity contribution in [3.05, 3.63) is 47.8 Å². The summed E-state index contributed by atoms with van der Waals surface area (Å²) in [4.78, 5) is 3.87. The Balaban J connectivity index is 2.31. The van der Waals surface area contributed by atoms with E-state index in [4.69, 9.17) is 15.7 Å². The van der Waals surface area contributed by atoms with Gasteiger partial charge in [-0.3, -0.25) is 0 Å². The van der Waals surface area contributed by atoms with E-state index in [1.165, 1.54) is 6.20 Å². The van der Waals surface area contributed by atoms with Crippen LogP contribution >= 0.6 is 0 Å². The monoisotopic (exact) mass is 225 g/mol. The quantitative estimate of drug-likeness (QED) is 0.797. The summed E-state index contributed by atoms with van der Waals surface area (Å²) >= 11 is 0. The summed E-state index contributed by atoms with van der Waals surface area (Å²) in [6.45, 7) is 1.96. The number of nitrogen functional groups attached to an aromatic ring is 1. The van der Waals surface area contributed by atoms with Gasteiger partial charge < -0.3 is 10.5 Å². The standard InChI is InChI=1S/C13H11N3O/c1-9-2-3-12(15)13(6-9)17-11-4-5-16-10(7-11)8-14/h2-7H,15H2,1H3. The second kappa shape index (κ2) is 4.54. The van der Waals surface area contributed by atoms with Crippen molar-refractivity contribution >= 4 is 5.69 Å². The number of nitriles is 1. The van der Waals surface area contributed by atoms with Crippen LogP contribution in [-0.4, -0.2) is 4.98 Å². The van der Waals surface area contributed by atoms with Crippen LogP contribution in [0.15, 0.2) is 36.5 Å². The molecule has 0 aliphatic rings. The minimum Gasteiger partial charge on any atom is -0.455 e. The normalized spacial score (nSPS) is 9.65. The number of anilines is 1. The number of ether oxygens (including phenoxy) is 1. The molecule has 1 aromatic carbocycles. The maximum Gasteiger partial charge on any atom is 0.150 e. The second-order valence-corrected chi connectivity index (χ2v) is 3.63. The Hall–Kier alpha value is -2.54. The van der Waals surface area contributed by atoms with Gasteiger partial charge in [0.1, 0.15) is 17.5 Å². The summed E-state index contributed by atoms with van der Waals surface area (Å²) in [7, 11) is 0. The molecule has 0 unspecified atom stereocenters. The summed E-state index contributed by atoms with van der Waals surface area (Å²) in [5.41, 5.74) is 7.74. The predicted octanol–water partition coefficient (Wildman–Crippen LogP) is 2.64. The first-order valence-electron chi connectivity index (χ1n) is 5.09. The molecule has 17 heavy (non-hydrogen) atoms. The van der Waals surface area contributed by atoms with Gasteiger partial charge in [0.15, 0.2) is 5.75 Å². The van der Waals surface area contributed by atoms with Crippen LogP contribution in [0.25, 0.3) is 0 Å². The Bertz CT molecular complexity index is 587. The third-order valence-corrected chi connectivity index (χ3v) is 2.24. The third kappa shape index (κ3) is 2.52. The molecule has 2 aromatic rings. The Morgan fingerprint density at radius 2 is 2.12 bits per heavy atom. The van der Waals surface area contributed by atoms with Gasteiger partial charge in [-0.05, 0) is 30.7 Å². The molecule has 0 saturated heterocycles. The molecule has 2 rings (SSSR count). The molecule has 0 aliphatic carbocycles. The number of rotatable bonds is 2. The zero-order valence-electron chi connectivity index (χ0n) is 9.34. The van der Waals surface area contributed by atoms with Crippen LogP contribution in [0, 0.1) is 18.3 Å². The third-order valence-electron chi connectivity index (χ3n) is 2.24. The number of hydrogen-bond donors (Lipinski definition) is 1. The number of nitrogens with zero attached hydrogens (tertiary/aromatic N) is 2. The van der Waals surface area contributed by atoms with Crippen molar-refractivity contribution in [1.29, 1.82) is 5.26 Å². The fraction of sp³-hybridized carbons (Fsp3) is 0.0769. The van der Waals surface area contributed by atoms with Gasteiger partial charge in [0.05, 0.1) is 5.69 Å².